The molecule has 47 heavy (non-hydrogen) atoms. The number of urea groups is 1. The number of rotatable bonds is 11. The normalized spacial score (nSPS) is 17.7. The molecule has 0 aromatic heterocycles. The Morgan fingerprint density at radius 2 is 1.72 bits per heavy atom. The first-order valence-corrected chi connectivity index (χ1v) is 15.7. The number of nitrogens with zero attached hydrogens (tertiary/aromatic N) is 3. The molecular formula is C36H37F2N5O4. The van der Waals surface area contributed by atoms with E-state index in [0.29, 0.717) is 50.5 Å². The third-order valence-corrected chi connectivity index (χ3v) is 8.76. The van der Waals surface area contributed by atoms with E-state index in [1.54, 1.807) is 31.2 Å². The smallest absolute Gasteiger partial charge is 0.340 e. The number of likely N-dealkylation sites (tertiary alicyclic amines) is 1. The molecule has 0 spiro atoms. The van der Waals surface area contributed by atoms with Crippen LogP contribution in [-0.4, -0.2) is 53.9 Å². The van der Waals surface area contributed by atoms with E-state index in [2.05, 4.69) is 21.6 Å². The van der Waals surface area contributed by atoms with Gasteiger partial charge in [0.05, 0.1) is 17.5 Å². The Morgan fingerprint density at radius 3 is 2.36 bits per heavy atom. The number of hydrogen-bond acceptors (Lipinski definition) is 6. The molecule has 0 aliphatic carbocycles. The van der Waals surface area contributed by atoms with Gasteiger partial charge in [-0.25, -0.2) is 18.4 Å². The Morgan fingerprint density at radius 1 is 1.04 bits per heavy atom. The summed E-state index contributed by atoms with van der Waals surface area (Å²) in [4.78, 5) is 43.7. The summed E-state index contributed by atoms with van der Waals surface area (Å²) < 4.78 is 34.4. The van der Waals surface area contributed by atoms with Crippen molar-refractivity contribution in [1.29, 1.82) is 5.26 Å². The number of nitrogens with one attached hydrogen (secondary N) is 2. The Bertz CT molecular complexity index is 1670. The molecular weight excluding hydrogens is 604 g/mol. The van der Waals surface area contributed by atoms with Gasteiger partial charge in [-0.05, 0) is 63.0 Å². The summed E-state index contributed by atoms with van der Waals surface area (Å²) in [6.07, 6.45) is 1.99. The van der Waals surface area contributed by atoms with Crippen LogP contribution in [0.4, 0.5) is 13.6 Å². The molecule has 3 aromatic carbocycles. The van der Waals surface area contributed by atoms with Crippen LogP contribution in [-0.2, 0) is 26.3 Å². The van der Waals surface area contributed by atoms with Gasteiger partial charge < -0.3 is 15.0 Å². The van der Waals surface area contributed by atoms with E-state index >= 15 is 4.39 Å². The number of benzene rings is 3. The van der Waals surface area contributed by atoms with Crippen LogP contribution in [0.1, 0.15) is 55.3 Å². The lowest BCUT2D eigenvalue weighted by molar-refractivity contribution is -0.141. The number of amides is 3. The number of carbonyl (C=O) groups is 3. The van der Waals surface area contributed by atoms with Gasteiger partial charge in [-0.3, -0.25) is 15.0 Å². The highest BCUT2D eigenvalue weighted by Gasteiger charge is 2.39. The highest BCUT2D eigenvalue weighted by atomic mass is 19.1. The predicted octanol–water partition coefficient (Wildman–Crippen LogP) is 5.46. The van der Waals surface area contributed by atoms with Crippen molar-refractivity contribution >= 4 is 17.9 Å². The zero-order valence-electron chi connectivity index (χ0n) is 26.2. The van der Waals surface area contributed by atoms with Gasteiger partial charge in [0.25, 0.3) is 0 Å². The molecule has 1 saturated heterocycles. The molecule has 244 valence electrons. The van der Waals surface area contributed by atoms with Crippen LogP contribution in [0.15, 0.2) is 90.3 Å². The fourth-order valence-electron chi connectivity index (χ4n) is 6.18. The third-order valence-electron chi connectivity index (χ3n) is 8.76. The van der Waals surface area contributed by atoms with E-state index in [-0.39, 0.29) is 42.4 Å². The predicted molar refractivity (Wildman–Crippen MR) is 170 cm³/mol. The molecule has 2 N–H and O–H groups in total. The molecule has 0 saturated carbocycles. The summed E-state index contributed by atoms with van der Waals surface area (Å²) in [5.41, 5.74) is 0.870. The van der Waals surface area contributed by atoms with E-state index in [1.807, 2.05) is 36.4 Å². The second-order valence-corrected chi connectivity index (χ2v) is 11.7. The molecule has 2 aliphatic heterocycles. The van der Waals surface area contributed by atoms with Crippen molar-refractivity contribution in [2.75, 3.05) is 26.2 Å². The van der Waals surface area contributed by atoms with Crippen LogP contribution < -0.4 is 10.6 Å². The molecule has 0 bridgehead atoms. The van der Waals surface area contributed by atoms with E-state index in [4.69, 9.17) is 4.74 Å². The lowest BCUT2D eigenvalue weighted by Crippen LogP contribution is -2.51. The fraction of sp³-hybridized carbons (Fsp3) is 0.333. The van der Waals surface area contributed by atoms with Crippen LogP contribution >= 0.6 is 0 Å². The van der Waals surface area contributed by atoms with Crippen LogP contribution in [0.5, 0.6) is 0 Å². The Hall–Kier alpha value is -5.08. The Balaban J connectivity index is 1.32. The van der Waals surface area contributed by atoms with E-state index in [9.17, 15) is 24.0 Å². The minimum Gasteiger partial charge on any atom is -0.457 e. The largest absolute Gasteiger partial charge is 0.457 e. The van der Waals surface area contributed by atoms with E-state index < -0.39 is 35.1 Å². The molecule has 9 nitrogen and oxygen atoms in total. The summed E-state index contributed by atoms with van der Waals surface area (Å²) in [6.45, 7) is 3.76. The van der Waals surface area contributed by atoms with Crippen molar-refractivity contribution in [3.05, 3.63) is 119 Å². The maximum absolute atomic E-state index is 15.0. The van der Waals surface area contributed by atoms with Crippen LogP contribution in [0, 0.1) is 23.0 Å². The van der Waals surface area contributed by atoms with Crippen molar-refractivity contribution in [3.63, 3.8) is 0 Å². The van der Waals surface area contributed by atoms with Crippen molar-refractivity contribution in [2.45, 2.75) is 50.7 Å². The monoisotopic (exact) mass is 641 g/mol. The minimum atomic E-state index is -1.34. The van der Waals surface area contributed by atoms with Gasteiger partial charge in [0.15, 0.2) is 0 Å². The molecule has 0 radical (unpaired) electrons. The molecule has 3 amide bonds. The van der Waals surface area contributed by atoms with Crippen molar-refractivity contribution in [1.82, 2.24) is 20.4 Å². The van der Waals surface area contributed by atoms with Gasteiger partial charge >= 0.3 is 12.0 Å². The lowest BCUT2D eigenvalue weighted by Gasteiger charge is -2.37. The molecule has 1 fully saturated rings. The Labute approximate surface area is 272 Å². The summed E-state index contributed by atoms with van der Waals surface area (Å²) >= 11 is 0. The zero-order chi connectivity index (χ0) is 33.4. The van der Waals surface area contributed by atoms with Gasteiger partial charge in [0.1, 0.15) is 29.6 Å². The molecule has 5 rings (SSSR count). The van der Waals surface area contributed by atoms with Crippen LogP contribution in [0.3, 0.4) is 0 Å². The first kappa shape index (κ1) is 33.3. The molecule has 1 atom stereocenters. The van der Waals surface area contributed by atoms with E-state index in [1.165, 1.54) is 4.90 Å². The molecule has 1 unspecified atom stereocenters. The van der Waals surface area contributed by atoms with Crippen molar-refractivity contribution in [2.24, 2.45) is 0 Å². The van der Waals surface area contributed by atoms with Gasteiger partial charge in [-0.2, -0.15) is 5.26 Å². The first-order valence-electron chi connectivity index (χ1n) is 15.7. The average molecular weight is 642 g/mol. The average Bonchev–Trinajstić information content (AvgIpc) is 3.08. The van der Waals surface area contributed by atoms with Gasteiger partial charge in [0, 0.05) is 24.6 Å². The van der Waals surface area contributed by atoms with Crippen LogP contribution in [0.25, 0.3) is 0 Å². The summed E-state index contributed by atoms with van der Waals surface area (Å²) in [6, 6.07) is 22.0. The highest BCUT2D eigenvalue weighted by Crippen LogP contribution is 2.35. The van der Waals surface area contributed by atoms with Gasteiger partial charge in [-0.1, -0.05) is 66.7 Å². The van der Waals surface area contributed by atoms with E-state index in [0.717, 1.165) is 17.7 Å². The lowest BCUT2D eigenvalue weighted by atomic mass is 9.74. The van der Waals surface area contributed by atoms with Gasteiger partial charge in [-0.15, -0.1) is 0 Å². The second-order valence-electron chi connectivity index (χ2n) is 11.7. The first-order chi connectivity index (χ1) is 22.7. The topological polar surface area (TPSA) is 115 Å². The summed E-state index contributed by atoms with van der Waals surface area (Å²) in [5.74, 6) is -3.10. The standard InChI is InChI=1S/C36H37F2N5O4/c1-2-43(30(44)14-9-19-42-20-17-36(24-39,18-21-42)26-12-7-4-8-13-26)33-31(34(45)47-23-25-10-5-3-6-11-25)32(40-35(46)41-33)28-16-15-27(37)22-29(28)38/h3-8,10-13,15-16,22,32H,2,9,14,17-21,23H2,1H3,(H2,40,41,46). The number of hydrogen-bond donors (Lipinski definition) is 2. The SMILES string of the molecule is CCN(C(=O)CCCN1CCC(C#N)(c2ccccc2)CC1)C1=C(C(=O)OCc2ccccc2)C(c2ccc(F)cc2F)NC(=O)N1. The van der Waals surface area contributed by atoms with Crippen molar-refractivity contribution < 1.29 is 27.9 Å². The molecule has 2 aliphatic rings. The maximum Gasteiger partial charge on any atom is 0.340 e. The molecule has 3 aromatic rings. The van der Waals surface area contributed by atoms with Crippen molar-refractivity contribution in [3.8, 4) is 6.07 Å². The maximum atomic E-state index is 15.0. The minimum absolute atomic E-state index is 0.101. The fourth-order valence-corrected chi connectivity index (χ4v) is 6.18. The number of esters is 1. The zero-order valence-corrected chi connectivity index (χ0v) is 26.2. The summed E-state index contributed by atoms with van der Waals surface area (Å²) in [5, 5.41) is 15.1. The third kappa shape index (κ3) is 7.67. The second kappa shape index (κ2) is 15.0. The Kier molecular flexibility index (Phi) is 10.6. The van der Waals surface area contributed by atoms with Gasteiger partial charge in [0.2, 0.25) is 5.91 Å². The number of nitriles is 1. The summed E-state index contributed by atoms with van der Waals surface area (Å²) in [7, 11) is 0. The number of carbonyl (C=O) groups excluding carboxylic acids is 3. The number of ether oxygens (including phenoxy) is 1. The number of halogens is 2. The number of piperidine rings is 1. The molecule has 11 heteroatoms. The quantitative estimate of drug-likeness (QED) is 0.269. The van der Waals surface area contributed by atoms with Crippen LogP contribution in [0.2, 0.25) is 0 Å². The molecule has 2 heterocycles. The highest BCUT2D eigenvalue weighted by molar-refractivity contribution is 5.96.